The maximum absolute atomic E-state index is 12.1. The minimum Gasteiger partial charge on any atom is -0.395 e. The van der Waals surface area contributed by atoms with Gasteiger partial charge < -0.3 is 5.11 Å². The highest BCUT2D eigenvalue weighted by Crippen LogP contribution is 2.16. The number of halogens is 2. The van der Waals surface area contributed by atoms with E-state index in [9.17, 15) is 8.78 Å². The monoisotopic (exact) mass is 259 g/mol. The summed E-state index contributed by atoms with van der Waals surface area (Å²) in [6.45, 7) is 0.348. The smallest absolute Gasteiger partial charge is 0.251 e. The standard InChI is InChI=1S/C12H15F2NOS/c1-15(8-12(13)14)7-11-6-10(9-17-11)4-2-3-5-16/h6,9,12,16H,3,5,7-8H2,1H3. The minimum absolute atomic E-state index is 0.0567. The maximum Gasteiger partial charge on any atom is 0.251 e. The van der Waals surface area contributed by atoms with Gasteiger partial charge in [-0.3, -0.25) is 4.90 Å². The van der Waals surface area contributed by atoms with E-state index in [0.717, 1.165) is 10.4 Å². The summed E-state index contributed by atoms with van der Waals surface area (Å²) in [5, 5.41) is 10.5. The third-order valence-corrected chi connectivity index (χ3v) is 2.92. The van der Waals surface area contributed by atoms with Crippen molar-refractivity contribution in [2.45, 2.75) is 19.4 Å². The fourth-order valence-electron chi connectivity index (χ4n) is 1.32. The molecule has 2 nitrogen and oxygen atoms in total. The van der Waals surface area contributed by atoms with E-state index in [-0.39, 0.29) is 13.2 Å². The molecular formula is C12H15F2NOS. The first-order chi connectivity index (χ1) is 8.11. The van der Waals surface area contributed by atoms with Crippen LogP contribution in [0.4, 0.5) is 8.78 Å². The minimum atomic E-state index is -2.30. The van der Waals surface area contributed by atoms with Crippen LogP contribution in [0.5, 0.6) is 0 Å². The van der Waals surface area contributed by atoms with Gasteiger partial charge in [0.05, 0.1) is 13.2 Å². The van der Waals surface area contributed by atoms with Crippen LogP contribution < -0.4 is 0 Å². The van der Waals surface area contributed by atoms with Gasteiger partial charge in [0.1, 0.15) is 0 Å². The molecule has 0 saturated carbocycles. The molecular weight excluding hydrogens is 244 g/mol. The molecule has 1 aromatic rings. The third-order valence-electron chi connectivity index (χ3n) is 2.00. The summed E-state index contributed by atoms with van der Waals surface area (Å²) in [4.78, 5) is 2.60. The quantitative estimate of drug-likeness (QED) is 0.819. The molecule has 1 aromatic heterocycles. The lowest BCUT2D eigenvalue weighted by atomic mass is 10.3. The number of hydrogen-bond acceptors (Lipinski definition) is 3. The van der Waals surface area contributed by atoms with Gasteiger partial charge in [0.15, 0.2) is 0 Å². The summed E-state index contributed by atoms with van der Waals surface area (Å²) in [6, 6.07) is 1.90. The van der Waals surface area contributed by atoms with E-state index in [2.05, 4.69) is 11.8 Å². The van der Waals surface area contributed by atoms with Gasteiger partial charge in [-0.15, -0.1) is 11.3 Å². The van der Waals surface area contributed by atoms with Crippen LogP contribution in [-0.2, 0) is 6.54 Å². The van der Waals surface area contributed by atoms with Crippen LogP contribution in [0.2, 0.25) is 0 Å². The zero-order chi connectivity index (χ0) is 12.7. The average Bonchev–Trinajstić information content (AvgIpc) is 2.64. The Morgan fingerprint density at radius 2 is 2.29 bits per heavy atom. The van der Waals surface area contributed by atoms with Crippen molar-refractivity contribution in [3.8, 4) is 11.8 Å². The summed E-state index contributed by atoms with van der Waals surface area (Å²) in [6.07, 6.45) is -1.85. The molecule has 0 saturated heterocycles. The summed E-state index contributed by atoms with van der Waals surface area (Å²) in [5.74, 6) is 5.74. The third kappa shape index (κ3) is 5.78. The predicted molar refractivity (Wildman–Crippen MR) is 65.2 cm³/mol. The first-order valence-corrected chi connectivity index (χ1v) is 6.13. The molecule has 5 heteroatoms. The van der Waals surface area contributed by atoms with Crippen LogP contribution in [0.1, 0.15) is 16.9 Å². The molecule has 0 unspecified atom stereocenters. The molecule has 0 spiro atoms. The van der Waals surface area contributed by atoms with Crippen molar-refractivity contribution in [3.63, 3.8) is 0 Å². The lowest BCUT2D eigenvalue weighted by molar-refractivity contribution is 0.0979. The molecule has 0 fully saturated rings. The lowest BCUT2D eigenvalue weighted by Gasteiger charge is -2.14. The van der Waals surface area contributed by atoms with Gasteiger partial charge in [-0.25, -0.2) is 8.78 Å². The van der Waals surface area contributed by atoms with Crippen LogP contribution in [0.3, 0.4) is 0 Å². The molecule has 0 atom stereocenters. The molecule has 0 aliphatic heterocycles. The SMILES string of the molecule is CN(Cc1cc(C#CCCO)cs1)CC(F)F. The summed E-state index contributed by atoms with van der Waals surface area (Å²) < 4.78 is 24.2. The van der Waals surface area contributed by atoms with Crippen LogP contribution >= 0.6 is 11.3 Å². The van der Waals surface area contributed by atoms with Crippen LogP contribution in [0, 0.1) is 11.8 Å². The summed E-state index contributed by atoms with van der Waals surface area (Å²) in [7, 11) is 1.67. The van der Waals surface area contributed by atoms with Gasteiger partial charge in [0.2, 0.25) is 0 Å². The highest BCUT2D eigenvalue weighted by atomic mass is 32.1. The topological polar surface area (TPSA) is 23.5 Å². The number of thiophene rings is 1. The number of aliphatic hydroxyl groups excluding tert-OH is 1. The molecule has 0 aliphatic rings. The van der Waals surface area contributed by atoms with E-state index in [1.807, 2.05) is 11.4 Å². The number of rotatable bonds is 5. The fraction of sp³-hybridized carbons (Fsp3) is 0.500. The second-order valence-corrected chi connectivity index (χ2v) is 4.66. The van der Waals surface area contributed by atoms with Crippen molar-refractivity contribution in [3.05, 3.63) is 21.9 Å². The largest absolute Gasteiger partial charge is 0.395 e. The number of aliphatic hydroxyl groups is 1. The van der Waals surface area contributed by atoms with E-state index >= 15 is 0 Å². The number of nitrogens with zero attached hydrogens (tertiary/aromatic N) is 1. The van der Waals surface area contributed by atoms with E-state index in [1.54, 1.807) is 11.9 Å². The van der Waals surface area contributed by atoms with Crippen LogP contribution in [0.25, 0.3) is 0 Å². The molecule has 0 amide bonds. The van der Waals surface area contributed by atoms with Gasteiger partial charge in [-0.1, -0.05) is 11.8 Å². The van der Waals surface area contributed by atoms with E-state index in [0.29, 0.717) is 13.0 Å². The Balaban J connectivity index is 2.48. The average molecular weight is 259 g/mol. The van der Waals surface area contributed by atoms with Gasteiger partial charge in [-0.2, -0.15) is 0 Å². The molecule has 1 N–H and O–H groups in total. The normalized spacial score (nSPS) is 10.7. The Morgan fingerprint density at radius 1 is 1.53 bits per heavy atom. The predicted octanol–water partition coefficient (Wildman–Crippen LogP) is 2.18. The first-order valence-electron chi connectivity index (χ1n) is 5.25. The Morgan fingerprint density at radius 3 is 2.94 bits per heavy atom. The van der Waals surface area contributed by atoms with E-state index in [1.165, 1.54) is 11.3 Å². The molecule has 0 radical (unpaired) electrons. The highest BCUT2D eigenvalue weighted by Gasteiger charge is 2.08. The maximum atomic E-state index is 12.1. The molecule has 1 heterocycles. The molecule has 94 valence electrons. The van der Waals surface area contributed by atoms with Crippen molar-refractivity contribution in [1.29, 1.82) is 0 Å². The van der Waals surface area contributed by atoms with Crippen molar-refractivity contribution in [2.24, 2.45) is 0 Å². The highest BCUT2D eigenvalue weighted by molar-refractivity contribution is 7.10. The Labute approximate surface area is 104 Å². The molecule has 0 aliphatic carbocycles. The second kappa shape index (κ2) is 7.38. The fourth-order valence-corrected chi connectivity index (χ4v) is 2.21. The second-order valence-electron chi connectivity index (χ2n) is 3.66. The van der Waals surface area contributed by atoms with E-state index in [4.69, 9.17) is 5.11 Å². The first kappa shape index (κ1) is 14.1. The molecule has 0 bridgehead atoms. The van der Waals surface area contributed by atoms with Gasteiger partial charge in [0.25, 0.3) is 6.43 Å². The van der Waals surface area contributed by atoms with Crippen LogP contribution in [0.15, 0.2) is 11.4 Å². The number of alkyl halides is 2. The summed E-state index contributed by atoms with van der Waals surface area (Å²) in [5.41, 5.74) is 0.879. The van der Waals surface area contributed by atoms with Crippen molar-refractivity contribution >= 4 is 11.3 Å². The van der Waals surface area contributed by atoms with E-state index < -0.39 is 6.43 Å². The zero-order valence-corrected chi connectivity index (χ0v) is 10.4. The molecule has 1 rings (SSSR count). The Kier molecular flexibility index (Phi) is 6.12. The van der Waals surface area contributed by atoms with Gasteiger partial charge in [-0.05, 0) is 13.1 Å². The zero-order valence-electron chi connectivity index (χ0n) is 9.62. The van der Waals surface area contributed by atoms with Gasteiger partial charge in [0, 0.05) is 28.8 Å². The molecule has 0 aromatic carbocycles. The van der Waals surface area contributed by atoms with Crippen molar-refractivity contribution < 1.29 is 13.9 Å². The Bertz CT molecular complexity index is 395. The molecule has 17 heavy (non-hydrogen) atoms. The van der Waals surface area contributed by atoms with Gasteiger partial charge >= 0.3 is 0 Å². The summed E-state index contributed by atoms with van der Waals surface area (Å²) >= 11 is 1.51. The Hall–Kier alpha value is -0.960. The number of hydrogen-bond donors (Lipinski definition) is 1. The van der Waals surface area contributed by atoms with Crippen molar-refractivity contribution in [2.75, 3.05) is 20.2 Å². The lowest BCUT2D eigenvalue weighted by Crippen LogP contribution is -2.23. The van der Waals surface area contributed by atoms with Crippen molar-refractivity contribution in [1.82, 2.24) is 4.90 Å². The van der Waals surface area contributed by atoms with Crippen LogP contribution in [-0.4, -0.2) is 36.6 Å².